The summed E-state index contributed by atoms with van der Waals surface area (Å²) in [4.78, 5) is 0. The maximum atomic E-state index is 11.5. The average Bonchev–Trinajstić information content (AvgIpc) is 2.13. The summed E-state index contributed by atoms with van der Waals surface area (Å²) in [5.41, 5.74) is -0.235. The van der Waals surface area contributed by atoms with Crippen molar-refractivity contribution < 1.29 is 13.5 Å². The van der Waals surface area contributed by atoms with Gasteiger partial charge >= 0.3 is 0 Å². The predicted octanol–water partition coefficient (Wildman–Crippen LogP) is 0.475. The molecule has 6 heteroatoms. The van der Waals surface area contributed by atoms with E-state index in [1.807, 2.05) is 27.7 Å². The zero-order chi connectivity index (χ0) is 12.8. The van der Waals surface area contributed by atoms with Gasteiger partial charge in [-0.3, -0.25) is 0 Å². The number of hydrogen-bond acceptors (Lipinski definition) is 3. The van der Waals surface area contributed by atoms with E-state index >= 15 is 0 Å². The van der Waals surface area contributed by atoms with Crippen molar-refractivity contribution in [1.29, 1.82) is 0 Å². The Morgan fingerprint density at radius 1 is 1.25 bits per heavy atom. The molecule has 0 aromatic heterocycles. The number of aliphatic hydroxyl groups excluding tert-OH is 1. The van der Waals surface area contributed by atoms with Crippen molar-refractivity contribution in [2.45, 2.75) is 34.1 Å². The van der Waals surface area contributed by atoms with Gasteiger partial charge in [0.05, 0.1) is 0 Å². The Labute approximate surface area is 98.8 Å². The summed E-state index contributed by atoms with van der Waals surface area (Å²) in [6.45, 7) is 8.52. The van der Waals surface area contributed by atoms with Crippen molar-refractivity contribution in [1.82, 2.24) is 9.44 Å². The minimum Gasteiger partial charge on any atom is -0.396 e. The maximum Gasteiger partial charge on any atom is 0.276 e. The van der Waals surface area contributed by atoms with E-state index in [1.54, 1.807) is 0 Å². The van der Waals surface area contributed by atoms with E-state index in [1.165, 1.54) is 0 Å². The van der Waals surface area contributed by atoms with Crippen molar-refractivity contribution >= 4 is 10.2 Å². The van der Waals surface area contributed by atoms with Crippen LogP contribution in [-0.2, 0) is 10.2 Å². The highest BCUT2D eigenvalue weighted by molar-refractivity contribution is 7.87. The molecule has 0 saturated carbocycles. The van der Waals surface area contributed by atoms with Crippen LogP contribution in [-0.4, -0.2) is 33.2 Å². The van der Waals surface area contributed by atoms with E-state index < -0.39 is 10.2 Å². The molecule has 5 nitrogen and oxygen atoms in total. The van der Waals surface area contributed by atoms with Gasteiger partial charge in [0.1, 0.15) is 0 Å². The van der Waals surface area contributed by atoms with Crippen LogP contribution in [0.1, 0.15) is 34.1 Å². The van der Waals surface area contributed by atoms with Crippen LogP contribution >= 0.6 is 0 Å². The molecule has 0 aliphatic rings. The first-order chi connectivity index (χ1) is 7.18. The molecule has 0 spiro atoms. The smallest absolute Gasteiger partial charge is 0.276 e. The molecule has 0 atom stereocenters. The maximum absolute atomic E-state index is 11.5. The number of hydrogen-bond donors (Lipinski definition) is 3. The van der Waals surface area contributed by atoms with Crippen molar-refractivity contribution in [3.05, 3.63) is 0 Å². The van der Waals surface area contributed by atoms with Gasteiger partial charge in [0, 0.05) is 19.7 Å². The van der Waals surface area contributed by atoms with Gasteiger partial charge < -0.3 is 5.11 Å². The van der Waals surface area contributed by atoms with Crippen LogP contribution in [0, 0.1) is 11.3 Å². The fourth-order valence-electron chi connectivity index (χ4n) is 1.01. The lowest BCUT2D eigenvalue weighted by atomic mass is 9.90. The van der Waals surface area contributed by atoms with Crippen LogP contribution in [0.15, 0.2) is 0 Å². The molecule has 0 aromatic carbocycles. The number of rotatable bonds is 8. The fourth-order valence-corrected chi connectivity index (χ4v) is 2.24. The largest absolute Gasteiger partial charge is 0.396 e. The zero-order valence-corrected chi connectivity index (χ0v) is 11.4. The molecule has 0 heterocycles. The zero-order valence-electron chi connectivity index (χ0n) is 10.6. The second-order valence-corrected chi connectivity index (χ2v) is 6.79. The summed E-state index contributed by atoms with van der Waals surface area (Å²) in [7, 11) is -3.41. The Balaban J connectivity index is 4.08. The number of aliphatic hydroxyl groups is 1. The summed E-state index contributed by atoms with van der Waals surface area (Å²) in [6.07, 6.45) is 0.569. The van der Waals surface area contributed by atoms with Gasteiger partial charge in [-0.25, -0.2) is 9.44 Å². The van der Waals surface area contributed by atoms with Crippen LogP contribution < -0.4 is 9.44 Å². The summed E-state index contributed by atoms with van der Waals surface area (Å²) < 4.78 is 28.0. The van der Waals surface area contributed by atoms with E-state index in [2.05, 4.69) is 9.44 Å². The molecular formula is C10H24N2O3S. The number of nitrogens with one attached hydrogen (secondary N) is 2. The molecule has 0 fully saturated rings. The van der Waals surface area contributed by atoms with E-state index in [0.717, 1.165) is 0 Å². The van der Waals surface area contributed by atoms with Crippen LogP contribution in [0.5, 0.6) is 0 Å². The highest BCUT2D eigenvalue weighted by Gasteiger charge is 2.20. The Kier molecular flexibility index (Phi) is 6.47. The monoisotopic (exact) mass is 252 g/mol. The summed E-state index contributed by atoms with van der Waals surface area (Å²) in [6, 6.07) is 0. The van der Waals surface area contributed by atoms with Crippen LogP contribution in [0.2, 0.25) is 0 Å². The Bertz CT molecular complexity index is 286. The quantitative estimate of drug-likeness (QED) is 0.588. The predicted molar refractivity (Wildman–Crippen MR) is 65.2 cm³/mol. The first kappa shape index (κ1) is 15.8. The summed E-state index contributed by atoms with van der Waals surface area (Å²) in [5, 5.41) is 8.81. The van der Waals surface area contributed by atoms with E-state index in [4.69, 9.17) is 5.11 Å². The SMILES string of the molecule is CC(C)CNS(=O)(=O)NCC(C)(C)CCO. The third kappa shape index (κ3) is 8.04. The first-order valence-electron chi connectivity index (χ1n) is 5.53. The van der Waals surface area contributed by atoms with Crippen LogP contribution in [0.3, 0.4) is 0 Å². The Morgan fingerprint density at radius 2 is 1.81 bits per heavy atom. The first-order valence-corrected chi connectivity index (χ1v) is 7.02. The van der Waals surface area contributed by atoms with Crippen LogP contribution in [0.4, 0.5) is 0 Å². The second-order valence-electron chi connectivity index (χ2n) is 5.20. The molecule has 0 saturated heterocycles. The molecule has 0 aromatic rings. The van der Waals surface area contributed by atoms with Gasteiger partial charge in [0.25, 0.3) is 10.2 Å². The molecule has 0 aliphatic heterocycles. The summed E-state index contributed by atoms with van der Waals surface area (Å²) >= 11 is 0. The van der Waals surface area contributed by atoms with Crippen LogP contribution in [0.25, 0.3) is 0 Å². The molecule has 3 N–H and O–H groups in total. The molecule has 0 amide bonds. The van der Waals surface area contributed by atoms with Crippen molar-refractivity contribution in [2.75, 3.05) is 19.7 Å². The van der Waals surface area contributed by atoms with Gasteiger partial charge in [0.15, 0.2) is 0 Å². The molecule has 0 unspecified atom stereocenters. The molecule has 0 rings (SSSR count). The van der Waals surface area contributed by atoms with Gasteiger partial charge in [-0.1, -0.05) is 27.7 Å². The second kappa shape index (κ2) is 6.54. The van der Waals surface area contributed by atoms with Gasteiger partial charge in [-0.2, -0.15) is 8.42 Å². The lowest BCUT2D eigenvalue weighted by molar-refractivity contribution is 0.213. The third-order valence-electron chi connectivity index (χ3n) is 2.21. The van der Waals surface area contributed by atoms with E-state index in [-0.39, 0.29) is 17.9 Å². The molecule has 0 radical (unpaired) electrons. The topological polar surface area (TPSA) is 78.4 Å². The summed E-state index contributed by atoms with van der Waals surface area (Å²) in [5.74, 6) is 0.280. The van der Waals surface area contributed by atoms with Crippen molar-refractivity contribution in [3.8, 4) is 0 Å². The van der Waals surface area contributed by atoms with E-state index in [0.29, 0.717) is 19.5 Å². The molecule has 0 aliphatic carbocycles. The highest BCUT2D eigenvalue weighted by atomic mass is 32.2. The van der Waals surface area contributed by atoms with Gasteiger partial charge in [-0.05, 0) is 17.8 Å². The Hall–Kier alpha value is -0.170. The fraction of sp³-hybridized carbons (Fsp3) is 1.00. The van der Waals surface area contributed by atoms with E-state index in [9.17, 15) is 8.42 Å². The average molecular weight is 252 g/mol. The molecule has 98 valence electrons. The van der Waals surface area contributed by atoms with Gasteiger partial charge in [0.2, 0.25) is 0 Å². The highest BCUT2D eigenvalue weighted by Crippen LogP contribution is 2.18. The normalized spacial score (nSPS) is 13.4. The standard InChI is InChI=1S/C10H24N2O3S/c1-9(2)7-11-16(14,15)12-8-10(3,4)5-6-13/h9,11-13H,5-8H2,1-4H3. The Morgan fingerprint density at radius 3 is 2.25 bits per heavy atom. The lowest BCUT2D eigenvalue weighted by Gasteiger charge is -2.23. The van der Waals surface area contributed by atoms with Gasteiger partial charge in [-0.15, -0.1) is 0 Å². The molecule has 0 bridgehead atoms. The molecular weight excluding hydrogens is 228 g/mol. The van der Waals surface area contributed by atoms with Crippen molar-refractivity contribution in [2.24, 2.45) is 11.3 Å². The molecule has 16 heavy (non-hydrogen) atoms. The third-order valence-corrected chi connectivity index (χ3v) is 3.28. The minimum atomic E-state index is -3.41. The minimum absolute atomic E-state index is 0.0636. The van der Waals surface area contributed by atoms with Crippen molar-refractivity contribution in [3.63, 3.8) is 0 Å². The lowest BCUT2D eigenvalue weighted by Crippen LogP contribution is -2.42.